The Hall–Kier alpha value is -0.570. The zero-order chi connectivity index (χ0) is 12.4. The van der Waals surface area contributed by atoms with E-state index in [9.17, 15) is 4.79 Å². The first-order valence-electron chi connectivity index (χ1n) is 7.20. The van der Waals surface area contributed by atoms with E-state index in [1.807, 2.05) is 0 Å². The zero-order valence-corrected chi connectivity index (χ0v) is 11.4. The highest BCUT2D eigenvalue weighted by molar-refractivity contribution is 5.84. The van der Waals surface area contributed by atoms with Crippen LogP contribution < -0.4 is 5.32 Å². The topological polar surface area (TPSA) is 32.3 Å². The molecule has 2 aliphatic rings. The molecule has 0 aromatic heterocycles. The molecular formula is C14H26N2O. The summed E-state index contributed by atoms with van der Waals surface area (Å²) in [6.07, 6.45) is 6.50. The number of rotatable bonds is 5. The molecule has 3 heteroatoms. The third kappa shape index (κ3) is 2.65. The molecule has 1 heterocycles. The summed E-state index contributed by atoms with van der Waals surface area (Å²) in [7, 11) is 0. The van der Waals surface area contributed by atoms with Crippen molar-refractivity contribution >= 4 is 5.91 Å². The quantitative estimate of drug-likeness (QED) is 0.797. The maximum atomic E-state index is 12.2. The predicted molar refractivity (Wildman–Crippen MR) is 69.5 cm³/mol. The second kappa shape index (κ2) is 5.38. The molecule has 17 heavy (non-hydrogen) atoms. The molecule has 2 fully saturated rings. The van der Waals surface area contributed by atoms with Crippen molar-refractivity contribution in [2.45, 2.75) is 65.1 Å². The molecule has 2 atom stereocenters. The Morgan fingerprint density at radius 2 is 2.12 bits per heavy atom. The summed E-state index contributed by atoms with van der Waals surface area (Å²) in [5.41, 5.74) is 0. The number of hydrogen-bond donors (Lipinski definition) is 1. The van der Waals surface area contributed by atoms with Crippen LogP contribution in [0.4, 0.5) is 0 Å². The Morgan fingerprint density at radius 3 is 2.59 bits per heavy atom. The van der Waals surface area contributed by atoms with Crippen LogP contribution in [0.25, 0.3) is 0 Å². The Morgan fingerprint density at radius 1 is 1.41 bits per heavy atom. The fraction of sp³-hybridized carbons (Fsp3) is 0.929. The minimum absolute atomic E-state index is 0.0591. The van der Waals surface area contributed by atoms with Gasteiger partial charge in [-0.1, -0.05) is 40.0 Å². The van der Waals surface area contributed by atoms with Crippen LogP contribution in [-0.2, 0) is 4.79 Å². The Kier molecular flexibility index (Phi) is 4.08. The molecule has 2 rings (SSSR count). The van der Waals surface area contributed by atoms with Crippen LogP contribution in [0.2, 0.25) is 0 Å². The van der Waals surface area contributed by atoms with Gasteiger partial charge in [-0.15, -0.1) is 0 Å². The van der Waals surface area contributed by atoms with Crippen LogP contribution in [0, 0.1) is 11.8 Å². The number of carbonyl (C=O) groups is 1. The molecule has 1 aliphatic heterocycles. The monoisotopic (exact) mass is 238 g/mol. The van der Waals surface area contributed by atoms with Gasteiger partial charge in [0.15, 0.2) is 0 Å². The molecular weight excluding hydrogens is 212 g/mol. The fourth-order valence-electron chi connectivity index (χ4n) is 2.90. The van der Waals surface area contributed by atoms with Crippen molar-refractivity contribution in [3.8, 4) is 0 Å². The lowest BCUT2D eigenvalue weighted by Crippen LogP contribution is -2.42. The average molecular weight is 238 g/mol. The zero-order valence-electron chi connectivity index (χ0n) is 11.4. The van der Waals surface area contributed by atoms with Gasteiger partial charge in [-0.3, -0.25) is 10.1 Å². The molecule has 1 aliphatic carbocycles. The van der Waals surface area contributed by atoms with E-state index in [1.165, 1.54) is 25.7 Å². The molecule has 1 N–H and O–H groups in total. The van der Waals surface area contributed by atoms with Gasteiger partial charge in [0, 0.05) is 6.54 Å². The summed E-state index contributed by atoms with van der Waals surface area (Å²) in [4.78, 5) is 14.3. The van der Waals surface area contributed by atoms with Gasteiger partial charge in [0.1, 0.15) is 0 Å². The Labute approximate surface area is 105 Å². The van der Waals surface area contributed by atoms with Crippen LogP contribution in [0.15, 0.2) is 0 Å². The number of nitrogens with one attached hydrogen (secondary N) is 1. The molecule has 0 radical (unpaired) electrons. The van der Waals surface area contributed by atoms with Gasteiger partial charge in [0.05, 0.1) is 12.2 Å². The molecule has 0 bridgehead atoms. The van der Waals surface area contributed by atoms with Gasteiger partial charge in [0.2, 0.25) is 5.91 Å². The number of amides is 1. The molecule has 1 saturated heterocycles. The normalized spacial score (nSPS) is 30.1. The number of nitrogens with zero attached hydrogens (tertiary/aromatic N) is 1. The van der Waals surface area contributed by atoms with Crippen molar-refractivity contribution in [1.82, 2.24) is 10.2 Å². The molecule has 3 nitrogen and oxygen atoms in total. The molecule has 98 valence electrons. The van der Waals surface area contributed by atoms with Gasteiger partial charge in [-0.2, -0.15) is 0 Å². The fourth-order valence-corrected chi connectivity index (χ4v) is 2.90. The molecule has 1 saturated carbocycles. The van der Waals surface area contributed by atoms with Crippen molar-refractivity contribution in [3.63, 3.8) is 0 Å². The van der Waals surface area contributed by atoms with Gasteiger partial charge in [0.25, 0.3) is 0 Å². The highest BCUT2D eigenvalue weighted by atomic mass is 16.2. The van der Waals surface area contributed by atoms with E-state index < -0.39 is 0 Å². The second-order valence-corrected chi connectivity index (χ2v) is 5.93. The van der Waals surface area contributed by atoms with Gasteiger partial charge in [-0.05, 0) is 24.7 Å². The lowest BCUT2D eigenvalue weighted by molar-refractivity contribution is -0.130. The first-order chi connectivity index (χ1) is 8.13. The van der Waals surface area contributed by atoms with E-state index >= 15 is 0 Å². The van der Waals surface area contributed by atoms with Crippen LogP contribution in [-0.4, -0.2) is 29.6 Å². The van der Waals surface area contributed by atoms with Crippen molar-refractivity contribution in [2.24, 2.45) is 11.8 Å². The van der Waals surface area contributed by atoms with E-state index in [4.69, 9.17) is 0 Å². The Bertz CT molecular complexity index is 273. The van der Waals surface area contributed by atoms with Crippen LogP contribution in [0.1, 0.15) is 52.9 Å². The SMILES string of the molecule is CCC1NC(C(C)C)N(CCC2CCC2)C1=O. The summed E-state index contributed by atoms with van der Waals surface area (Å²) in [6.45, 7) is 7.43. The summed E-state index contributed by atoms with van der Waals surface area (Å²) < 4.78 is 0. The third-order valence-corrected chi connectivity index (χ3v) is 4.33. The summed E-state index contributed by atoms with van der Waals surface area (Å²) in [5.74, 6) is 1.71. The summed E-state index contributed by atoms with van der Waals surface area (Å²) in [6, 6.07) is 0.0591. The van der Waals surface area contributed by atoms with Gasteiger partial charge in [-0.25, -0.2) is 0 Å². The first kappa shape index (κ1) is 12.9. The number of carbonyl (C=O) groups excluding carboxylic acids is 1. The van der Waals surface area contributed by atoms with E-state index in [2.05, 4.69) is 31.0 Å². The maximum Gasteiger partial charge on any atom is 0.241 e. The second-order valence-electron chi connectivity index (χ2n) is 5.93. The van der Waals surface area contributed by atoms with Gasteiger partial charge < -0.3 is 4.90 Å². The van der Waals surface area contributed by atoms with Crippen molar-refractivity contribution < 1.29 is 4.79 Å². The molecule has 0 spiro atoms. The van der Waals surface area contributed by atoms with Crippen molar-refractivity contribution in [3.05, 3.63) is 0 Å². The molecule has 2 unspecified atom stereocenters. The smallest absolute Gasteiger partial charge is 0.241 e. The first-order valence-corrected chi connectivity index (χ1v) is 7.20. The summed E-state index contributed by atoms with van der Waals surface area (Å²) in [5, 5.41) is 3.48. The number of hydrogen-bond acceptors (Lipinski definition) is 2. The van der Waals surface area contributed by atoms with Crippen LogP contribution in [0.3, 0.4) is 0 Å². The third-order valence-electron chi connectivity index (χ3n) is 4.33. The Balaban J connectivity index is 1.92. The van der Waals surface area contributed by atoms with Crippen molar-refractivity contribution in [2.75, 3.05) is 6.54 Å². The molecule has 0 aromatic carbocycles. The van der Waals surface area contributed by atoms with Gasteiger partial charge >= 0.3 is 0 Å². The van der Waals surface area contributed by atoms with E-state index in [0.717, 1.165) is 18.9 Å². The molecule has 0 aromatic rings. The maximum absolute atomic E-state index is 12.2. The highest BCUT2D eigenvalue weighted by Gasteiger charge is 2.39. The van der Waals surface area contributed by atoms with E-state index in [0.29, 0.717) is 11.8 Å². The largest absolute Gasteiger partial charge is 0.326 e. The summed E-state index contributed by atoms with van der Waals surface area (Å²) >= 11 is 0. The van der Waals surface area contributed by atoms with Crippen LogP contribution >= 0.6 is 0 Å². The molecule has 1 amide bonds. The standard InChI is InChI=1S/C14H26N2O/c1-4-12-14(17)16(13(15-12)10(2)3)9-8-11-6-5-7-11/h10-13,15H,4-9H2,1-3H3. The van der Waals surface area contributed by atoms with Crippen molar-refractivity contribution in [1.29, 1.82) is 0 Å². The minimum atomic E-state index is 0.0591. The minimum Gasteiger partial charge on any atom is -0.326 e. The lowest BCUT2D eigenvalue weighted by Gasteiger charge is -2.31. The van der Waals surface area contributed by atoms with E-state index in [1.54, 1.807) is 0 Å². The lowest BCUT2D eigenvalue weighted by atomic mass is 9.83. The predicted octanol–water partition coefficient (Wildman–Crippen LogP) is 2.37. The van der Waals surface area contributed by atoms with E-state index in [-0.39, 0.29) is 12.2 Å². The average Bonchev–Trinajstić information content (AvgIpc) is 2.54. The highest BCUT2D eigenvalue weighted by Crippen LogP contribution is 2.30. The van der Waals surface area contributed by atoms with Crippen LogP contribution in [0.5, 0.6) is 0 Å².